The fourth-order valence-corrected chi connectivity index (χ4v) is 5.98. The van der Waals surface area contributed by atoms with Gasteiger partial charge in [0.05, 0.1) is 32.0 Å². The average Bonchev–Trinajstić information content (AvgIpc) is 3.17. The number of anilines is 1. The Morgan fingerprint density at radius 2 is 1.51 bits per heavy atom. The van der Waals surface area contributed by atoms with E-state index in [1.54, 1.807) is 13.1 Å². The summed E-state index contributed by atoms with van der Waals surface area (Å²) in [5.74, 6) is -1.30. The number of carbonyl (C=O) groups is 2. The number of nitrogens with zero attached hydrogens (tertiary/aromatic N) is 3. The molecule has 0 N–H and O–H groups in total. The number of morpholine rings is 1. The third-order valence-corrected chi connectivity index (χ3v) is 8.89. The molecule has 1 saturated heterocycles. The van der Waals surface area contributed by atoms with Crippen LogP contribution in [0.2, 0.25) is 0 Å². The fraction of sp³-hybridized carbons (Fsp3) is 0.317. The van der Waals surface area contributed by atoms with Crippen molar-refractivity contribution >= 4 is 23.6 Å². The molecule has 4 aromatic rings. The second kappa shape index (κ2) is 18.8. The molecule has 8 nitrogen and oxygen atoms in total. The van der Waals surface area contributed by atoms with Gasteiger partial charge in [-0.1, -0.05) is 66.7 Å². The van der Waals surface area contributed by atoms with Crippen LogP contribution in [0.1, 0.15) is 27.8 Å². The molecular weight excluding hydrogens is 728 g/mol. The first-order valence-electron chi connectivity index (χ1n) is 17.5. The van der Waals surface area contributed by atoms with Crippen molar-refractivity contribution in [3.8, 4) is 5.75 Å². The van der Waals surface area contributed by atoms with E-state index in [2.05, 4.69) is 9.64 Å². The number of rotatable bonds is 15. The largest absolute Gasteiger partial charge is 0.573 e. The van der Waals surface area contributed by atoms with E-state index >= 15 is 0 Å². The van der Waals surface area contributed by atoms with E-state index in [0.717, 1.165) is 42.0 Å². The molecule has 0 aliphatic carbocycles. The van der Waals surface area contributed by atoms with E-state index in [0.29, 0.717) is 24.3 Å². The standard InChI is InChI=1S/C41H41F6N3O5/c1-48(20-23-54-29-33-8-5-9-36(26-33)55-41(45,46)47)39(52)37(27-31-6-3-2-4-7-31)50(28-32-12-17-35(18-13-32)49-21-24-53-25-22-49)38(51)19-14-30-10-15-34(16-11-30)40(42,43)44/h2-19,26,37H,20-25,27-29H2,1H3. The Kier molecular flexibility index (Phi) is 14.0. The molecule has 4 aromatic carbocycles. The third kappa shape index (κ3) is 12.6. The zero-order valence-electron chi connectivity index (χ0n) is 30.1. The molecule has 2 amide bonds. The van der Waals surface area contributed by atoms with Crippen LogP contribution in [-0.2, 0) is 44.8 Å². The van der Waals surface area contributed by atoms with Crippen LogP contribution in [0, 0.1) is 0 Å². The summed E-state index contributed by atoms with van der Waals surface area (Å²) in [5, 5.41) is 0. The van der Waals surface area contributed by atoms with Gasteiger partial charge in [0.15, 0.2) is 0 Å². The molecule has 1 heterocycles. The second-order valence-electron chi connectivity index (χ2n) is 12.9. The van der Waals surface area contributed by atoms with Crippen molar-refractivity contribution in [1.82, 2.24) is 9.80 Å². The second-order valence-corrected chi connectivity index (χ2v) is 12.9. The minimum absolute atomic E-state index is 0.0371. The Morgan fingerprint density at radius 1 is 0.836 bits per heavy atom. The summed E-state index contributed by atoms with van der Waals surface area (Å²) in [6.07, 6.45) is -6.53. The molecule has 0 spiro atoms. The maximum absolute atomic E-state index is 14.3. The summed E-state index contributed by atoms with van der Waals surface area (Å²) in [5.41, 5.74) is 2.52. The van der Waals surface area contributed by atoms with Crippen molar-refractivity contribution in [3.05, 3.63) is 137 Å². The highest BCUT2D eigenvalue weighted by Crippen LogP contribution is 2.29. The molecule has 0 aromatic heterocycles. The highest BCUT2D eigenvalue weighted by Gasteiger charge is 2.33. The summed E-state index contributed by atoms with van der Waals surface area (Å²) in [7, 11) is 1.57. The maximum atomic E-state index is 14.3. The van der Waals surface area contributed by atoms with Crippen LogP contribution >= 0.6 is 0 Å². The monoisotopic (exact) mass is 769 g/mol. The summed E-state index contributed by atoms with van der Waals surface area (Å²) < 4.78 is 92.6. The number of hydrogen-bond donors (Lipinski definition) is 0. The number of amides is 2. The van der Waals surface area contributed by atoms with Gasteiger partial charge >= 0.3 is 12.5 Å². The van der Waals surface area contributed by atoms with Crippen molar-refractivity contribution in [2.45, 2.75) is 38.2 Å². The molecular formula is C41H41F6N3O5. The number of alkyl halides is 6. The lowest BCUT2D eigenvalue weighted by Gasteiger charge is -2.33. The number of halogens is 6. The van der Waals surface area contributed by atoms with Crippen LogP contribution in [0.3, 0.4) is 0 Å². The van der Waals surface area contributed by atoms with Crippen molar-refractivity contribution in [3.63, 3.8) is 0 Å². The normalized spacial score (nSPS) is 14.1. The number of ether oxygens (including phenoxy) is 3. The average molecular weight is 770 g/mol. The Hall–Kier alpha value is -5.34. The Balaban J connectivity index is 1.36. The SMILES string of the molecule is CN(CCOCc1cccc(OC(F)(F)F)c1)C(=O)C(Cc1ccccc1)N(Cc1ccc(N2CCOCC2)cc1)C(=O)C=Cc1ccc(C(F)(F)F)cc1. The van der Waals surface area contributed by atoms with Gasteiger partial charge in [0.2, 0.25) is 11.8 Å². The minimum Gasteiger partial charge on any atom is -0.406 e. The molecule has 1 aliphatic heterocycles. The van der Waals surface area contributed by atoms with Gasteiger partial charge in [-0.3, -0.25) is 9.59 Å². The quantitative estimate of drug-likeness (QED) is 0.0700. The molecule has 1 unspecified atom stereocenters. The van der Waals surface area contributed by atoms with Crippen molar-refractivity contribution in [2.75, 3.05) is 51.4 Å². The van der Waals surface area contributed by atoms with Gasteiger partial charge in [0.25, 0.3) is 0 Å². The van der Waals surface area contributed by atoms with Gasteiger partial charge in [0.1, 0.15) is 11.8 Å². The molecule has 1 atom stereocenters. The lowest BCUT2D eigenvalue weighted by Crippen LogP contribution is -2.51. The van der Waals surface area contributed by atoms with Crippen LogP contribution in [0.5, 0.6) is 5.75 Å². The van der Waals surface area contributed by atoms with Crippen LogP contribution < -0.4 is 9.64 Å². The van der Waals surface area contributed by atoms with Crippen molar-refractivity contribution in [1.29, 1.82) is 0 Å². The van der Waals surface area contributed by atoms with Gasteiger partial charge < -0.3 is 28.9 Å². The van der Waals surface area contributed by atoms with Gasteiger partial charge in [0, 0.05) is 51.4 Å². The first-order chi connectivity index (χ1) is 26.2. The Morgan fingerprint density at radius 3 is 2.16 bits per heavy atom. The predicted octanol–water partition coefficient (Wildman–Crippen LogP) is 7.77. The van der Waals surface area contributed by atoms with E-state index in [4.69, 9.17) is 9.47 Å². The molecule has 1 aliphatic rings. The Labute approximate surface area is 315 Å². The number of carbonyl (C=O) groups excluding carboxylic acids is 2. The third-order valence-electron chi connectivity index (χ3n) is 8.89. The van der Waals surface area contributed by atoms with Gasteiger partial charge in [-0.25, -0.2) is 0 Å². The molecule has 0 saturated carbocycles. The molecule has 1 fully saturated rings. The number of likely N-dealkylation sites (N-methyl/N-ethyl adjacent to an activating group) is 1. The summed E-state index contributed by atoms with van der Waals surface area (Å²) in [6.45, 7) is 2.84. The van der Waals surface area contributed by atoms with Crippen LogP contribution in [0.15, 0.2) is 109 Å². The van der Waals surface area contributed by atoms with E-state index in [-0.39, 0.29) is 38.5 Å². The van der Waals surface area contributed by atoms with E-state index in [9.17, 15) is 35.9 Å². The molecule has 292 valence electrons. The topological polar surface area (TPSA) is 71.6 Å². The van der Waals surface area contributed by atoms with Crippen LogP contribution in [-0.4, -0.2) is 80.5 Å². The summed E-state index contributed by atoms with van der Waals surface area (Å²) in [4.78, 5) is 33.5. The maximum Gasteiger partial charge on any atom is 0.573 e. The van der Waals surface area contributed by atoms with E-state index in [1.807, 2.05) is 54.6 Å². The van der Waals surface area contributed by atoms with Gasteiger partial charge in [-0.2, -0.15) is 13.2 Å². The Bertz CT molecular complexity index is 1860. The molecule has 14 heteroatoms. The molecule has 55 heavy (non-hydrogen) atoms. The first kappa shape index (κ1) is 40.8. The van der Waals surface area contributed by atoms with Crippen molar-refractivity contribution in [2.24, 2.45) is 0 Å². The highest BCUT2D eigenvalue weighted by atomic mass is 19.4. The van der Waals surface area contributed by atoms with Crippen molar-refractivity contribution < 1.29 is 50.1 Å². The van der Waals surface area contributed by atoms with Gasteiger partial charge in [-0.15, -0.1) is 13.2 Å². The molecule has 0 radical (unpaired) electrons. The lowest BCUT2D eigenvalue weighted by molar-refractivity contribution is -0.274. The number of benzene rings is 4. The zero-order valence-corrected chi connectivity index (χ0v) is 30.1. The molecule has 0 bridgehead atoms. The first-order valence-corrected chi connectivity index (χ1v) is 17.5. The fourth-order valence-electron chi connectivity index (χ4n) is 5.98. The van der Waals surface area contributed by atoms with E-state index in [1.165, 1.54) is 52.3 Å². The minimum atomic E-state index is -4.83. The van der Waals surface area contributed by atoms with Crippen LogP contribution in [0.25, 0.3) is 6.08 Å². The predicted molar refractivity (Wildman–Crippen MR) is 195 cm³/mol. The van der Waals surface area contributed by atoms with E-state index < -0.39 is 36.0 Å². The summed E-state index contributed by atoms with van der Waals surface area (Å²) in [6, 6.07) is 25.6. The van der Waals surface area contributed by atoms with Gasteiger partial charge in [-0.05, 0) is 64.7 Å². The molecule has 5 rings (SSSR count). The van der Waals surface area contributed by atoms with Crippen LogP contribution in [0.4, 0.5) is 32.0 Å². The smallest absolute Gasteiger partial charge is 0.406 e. The highest BCUT2D eigenvalue weighted by molar-refractivity contribution is 5.95. The number of hydrogen-bond acceptors (Lipinski definition) is 6. The summed E-state index contributed by atoms with van der Waals surface area (Å²) >= 11 is 0. The lowest BCUT2D eigenvalue weighted by atomic mass is 10.0. The zero-order chi connectivity index (χ0) is 39.4.